The maximum atomic E-state index is 12.4. The van der Waals surface area contributed by atoms with E-state index in [0.717, 1.165) is 24.2 Å². The highest BCUT2D eigenvalue weighted by molar-refractivity contribution is 6.03. The van der Waals surface area contributed by atoms with Crippen LogP contribution < -0.4 is 5.32 Å². The molecule has 1 aliphatic rings. The first-order valence-corrected chi connectivity index (χ1v) is 8.93. The second-order valence-electron chi connectivity index (χ2n) is 6.75. The number of amides is 1. The molecule has 27 heavy (non-hydrogen) atoms. The van der Waals surface area contributed by atoms with Gasteiger partial charge < -0.3 is 14.6 Å². The fourth-order valence-corrected chi connectivity index (χ4v) is 2.78. The van der Waals surface area contributed by atoms with Crippen LogP contribution in [0.5, 0.6) is 0 Å². The highest BCUT2D eigenvalue weighted by Crippen LogP contribution is 2.38. The Bertz CT molecular complexity index is 927. The van der Waals surface area contributed by atoms with E-state index in [0.29, 0.717) is 29.8 Å². The molecular formula is C19H21N5O3. The zero-order valence-electron chi connectivity index (χ0n) is 15.3. The first kappa shape index (κ1) is 17.4. The van der Waals surface area contributed by atoms with Gasteiger partial charge in [0.2, 0.25) is 0 Å². The Morgan fingerprint density at radius 2 is 2.11 bits per heavy atom. The van der Waals surface area contributed by atoms with Crippen molar-refractivity contribution < 1.29 is 14.1 Å². The van der Waals surface area contributed by atoms with Crippen LogP contribution in [0.4, 0.5) is 5.82 Å². The van der Waals surface area contributed by atoms with E-state index in [1.165, 1.54) is 0 Å². The predicted octanol–water partition coefficient (Wildman–Crippen LogP) is 3.27. The number of nitrogens with one attached hydrogen (secondary N) is 1. The number of carbonyl (C=O) groups is 1. The molecule has 1 fully saturated rings. The first-order valence-electron chi connectivity index (χ1n) is 8.93. The molecule has 3 aromatic rings. The molecule has 0 radical (unpaired) electrons. The van der Waals surface area contributed by atoms with E-state index in [9.17, 15) is 4.79 Å². The minimum Gasteiger partial charge on any atom is -0.382 e. The third-order valence-electron chi connectivity index (χ3n) is 4.49. The summed E-state index contributed by atoms with van der Waals surface area (Å²) in [5.41, 5.74) is 1.32. The minimum absolute atomic E-state index is 0.0925. The number of anilines is 1. The molecule has 2 heterocycles. The van der Waals surface area contributed by atoms with Gasteiger partial charge in [0.05, 0.1) is 12.6 Å². The van der Waals surface area contributed by atoms with Crippen LogP contribution in [-0.2, 0) is 4.74 Å². The number of nitrogens with zero attached hydrogens (tertiary/aromatic N) is 4. The molecule has 140 valence electrons. The molecule has 1 N–H and O–H groups in total. The van der Waals surface area contributed by atoms with Gasteiger partial charge in [0.1, 0.15) is 0 Å². The molecule has 0 saturated heterocycles. The molecule has 1 aromatic carbocycles. The number of methoxy groups -OCH3 is 1. The Kier molecular flexibility index (Phi) is 4.72. The molecule has 1 aliphatic carbocycles. The molecule has 2 aromatic heterocycles. The molecule has 1 saturated carbocycles. The lowest BCUT2D eigenvalue weighted by Crippen LogP contribution is -2.14. The van der Waals surface area contributed by atoms with Crippen LogP contribution in [0.25, 0.3) is 11.5 Å². The standard InChI is InChI=1S/C19H21N5O3/c1-12(11-26-2)24-10-9-16(22-24)20-18(25)14-5-7-15(8-6-14)19-21-17(23-27-19)13-3-4-13/h5-10,12-13H,3-4,11H2,1-2H3,(H,20,22,25). The number of hydrogen-bond donors (Lipinski definition) is 1. The van der Waals surface area contributed by atoms with Gasteiger partial charge in [-0.1, -0.05) is 5.16 Å². The van der Waals surface area contributed by atoms with Crippen molar-refractivity contribution in [3.8, 4) is 11.5 Å². The van der Waals surface area contributed by atoms with Crippen LogP contribution in [0, 0.1) is 0 Å². The highest BCUT2D eigenvalue weighted by Gasteiger charge is 2.29. The van der Waals surface area contributed by atoms with Gasteiger partial charge in [-0.15, -0.1) is 0 Å². The fraction of sp³-hybridized carbons (Fsp3) is 0.368. The van der Waals surface area contributed by atoms with Gasteiger partial charge in [-0.2, -0.15) is 10.1 Å². The van der Waals surface area contributed by atoms with E-state index in [2.05, 4.69) is 20.6 Å². The second-order valence-corrected chi connectivity index (χ2v) is 6.75. The van der Waals surface area contributed by atoms with Crippen LogP contribution in [0.1, 0.15) is 47.9 Å². The van der Waals surface area contributed by atoms with Crippen molar-refractivity contribution in [2.45, 2.75) is 31.7 Å². The molecule has 0 aliphatic heterocycles. The molecule has 8 heteroatoms. The second kappa shape index (κ2) is 7.32. The van der Waals surface area contributed by atoms with Crippen LogP contribution >= 0.6 is 0 Å². The Labute approximate surface area is 156 Å². The topological polar surface area (TPSA) is 95.1 Å². The number of aromatic nitrogens is 4. The van der Waals surface area contributed by atoms with E-state index in [1.54, 1.807) is 42.1 Å². The van der Waals surface area contributed by atoms with E-state index in [4.69, 9.17) is 9.26 Å². The molecule has 8 nitrogen and oxygen atoms in total. The van der Waals surface area contributed by atoms with E-state index >= 15 is 0 Å². The van der Waals surface area contributed by atoms with Gasteiger partial charge in [-0.05, 0) is 44.0 Å². The van der Waals surface area contributed by atoms with Crippen molar-refractivity contribution in [2.75, 3.05) is 19.0 Å². The molecule has 0 bridgehead atoms. The molecule has 1 amide bonds. The van der Waals surface area contributed by atoms with Gasteiger partial charge in [0.15, 0.2) is 11.6 Å². The van der Waals surface area contributed by atoms with Crippen molar-refractivity contribution in [2.24, 2.45) is 0 Å². The number of ether oxygens (including phenoxy) is 1. The van der Waals surface area contributed by atoms with Gasteiger partial charge in [-0.25, -0.2) is 0 Å². The minimum atomic E-state index is -0.226. The Morgan fingerprint density at radius 3 is 2.81 bits per heavy atom. The van der Waals surface area contributed by atoms with Crippen molar-refractivity contribution in [3.05, 3.63) is 47.9 Å². The summed E-state index contributed by atoms with van der Waals surface area (Å²) >= 11 is 0. The normalized spacial score (nSPS) is 14.9. The number of hydrogen-bond acceptors (Lipinski definition) is 6. The van der Waals surface area contributed by atoms with Gasteiger partial charge in [0, 0.05) is 36.4 Å². The van der Waals surface area contributed by atoms with Crippen LogP contribution in [0.2, 0.25) is 0 Å². The lowest BCUT2D eigenvalue weighted by Gasteiger charge is -2.10. The van der Waals surface area contributed by atoms with Crippen LogP contribution in [-0.4, -0.2) is 39.5 Å². The zero-order valence-corrected chi connectivity index (χ0v) is 15.3. The largest absolute Gasteiger partial charge is 0.382 e. The summed E-state index contributed by atoms with van der Waals surface area (Å²) in [6.07, 6.45) is 4.06. The third kappa shape index (κ3) is 3.90. The smallest absolute Gasteiger partial charge is 0.257 e. The van der Waals surface area contributed by atoms with Crippen molar-refractivity contribution in [1.82, 2.24) is 19.9 Å². The van der Waals surface area contributed by atoms with Crippen molar-refractivity contribution >= 4 is 11.7 Å². The summed E-state index contributed by atoms with van der Waals surface area (Å²) in [6, 6.07) is 8.93. The number of benzene rings is 1. The summed E-state index contributed by atoms with van der Waals surface area (Å²) in [5, 5.41) is 11.2. The molecule has 1 atom stereocenters. The van der Waals surface area contributed by atoms with E-state index in [-0.39, 0.29) is 11.9 Å². The lowest BCUT2D eigenvalue weighted by molar-refractivity contribution is 0.102. The summed E-state index contributed by atoms with van der Waals surface area (Å²) in [7, 11) is 1.65. The summed E-state index contributed by atoms with van der Waals surface area (Å²) in [4.78, 5) is 16.8. The Hall–Kier alpha value is -3.00. The van der Waals surface area contributed by atoms with E-state index < -0.39 is 0 Å². The Balaban J connectivity index is 1.41. The monoisotopic (exact) mass is 367 g/mol. The summed E-state index contributed by atoms with van der Waals surface area (Å²) < 4.78 is 12.2. The molecular weight excluding hydrogens is 346 g/mol. The fourth-order valence-electron chi connectivity index (χ4n) is 2.78. The van der Waals surface area contributed by atoms with Crippen LogP contribution in [0.3, 0.4) is 0 Å². The number of rotatable bonds is 7. The third-order valence-corrected chi connectivity index (χ3v) is 4.49. The van der Waals surface area contributed by atoms with Crippen molar-refractivity contribution in [1.29, 1.82) is 0 Å². The van der Waals surface area contributed by atoms with Crippen LogP contribution in [0.15, 0.2) is 41.1 Å². The molecule has 1 unspecified atom stereocenters. The average molecular weight is 367 g/mol. The van der Waals surface area contributed by atoms with Gasteiger partial charge in [0.25, 0.3) is 11.8 Å². The quantitative estimate of drug-likeness (QED) is 0.689. The summed E-state index contributed by atoms with van der Waals surface area (Å²) in [5.74, 6) is 1.97. The maximum absolute atomic E-state index is 12.4. The zero-order chi connectivity index (χ0) is 18.8. The Morgan fingerprint density at radius 1 is 1.33 bits per heavy atom. The predicted molar refractivity (Wildman–Crippen MR) is 98.5 cm³/mol. The SMILES string of the molecule is COCC(C)n1ccc(NC(=O)c2ccc(-c3nc(C4CC4)no3)cc2)n1. The highest BCUT2D eigenvalue weighted by atomic mass is 16.5. The van der Waals surface area contributed by atoms with E-state index in [1.807, 2.05) is 13.1 Å². The van der Waals surface area contributed by atoms with Gasteiger partial charge in [-0.3, -0.25) is 9.48 Å². The number of carbonyl (C=O) groups excluding carboxylic acids is 1. The molecule has 0 spiro atoms. The lowest BCUT2D eigenvalue weighted by atomic mass is 10.1. The maximum Gasteiger partial charge on any atom is 0.257 e. The average Bonchev–Trinajstić information content (AvgIpc) is 3.22. The summed E-state index contributed by atoms with van der Waals surface area (Å²) in [6.45, 7) is 2.54. The van der Waals surface area contributed by atoms with Crippen molar-refractivity contribution in [3.63, 3.8) is 0 Å². The van der Waals surface area contributed by atoms with Gasteiger partial charge >= 0.3 is 0 Å². The molecule has 4 rings (SSSR count). The first-order chi connectivity index (χ1) is 13.1.